The van der Waals surface area contributed by atoms with Gasteiger partial charge in [-0.1, -0.05) is 6.07 Å². The minimum atomic E-state index is -0.873. The first-order chi connectivity index (χ1) is 9.60. The number of benzene rings is 2. The molecule has 0 heterocycles. The summed E-state index contributed by atoms with van der Waals surface area (Å²) in [6, 6.07) is 5.68. The van der Waals surface area contributed by atoms with Crippen molar-refractivity contribution in [2.45, 2.75) is 0 Å². The Morgan fingerprint density at radius 2 is 1.95 bits per heavy atom. The maximum absolute atomic E-state index is 13.4. The molecule has 106 valence electrons. The Morgan fingerprint density at radius 1 is 1.20 bits per heavy atom. The monoisotopic (exact) mass is 280 g/mol. The third-order valence-electron chi connectivity index (χ3n) is 2.75. The van der Waals surface area contributed by atoms with Crippen molar-refractivity contribution in [1.82, 2.24) is 0 Å². The van der Waals surface area contributed by atoms with Crippen LogP contribution >= 0.6 is 0 Å². The molecule has 0 amide bonds. The van der Waals surface area contributed by atoms with E-state index in [1.165, 1.54) is 32.4 Å². The maximum Gasteiger partial charge on any atom is 0.337 e. The van der Waals surface area contributed by atoms with Crippen molar-refractivity contribution in [3.8, 4) is 17.2 Å². The zero-order chi connectivity index (χ0) is 14.7. The van der Waals surface area contributed by atoms with E-state index in [-0.39, 0.29) is 11.5 Å². The molecule has 2 rings (SSSR count). The van der Waals surface area contributed by atoms with Gasteiger partial charge in [-0.3, -0.25) is 0 Å². The Balaban J connectivity index is 2.75. The van der Waals surface area contributed by atoms with Gasteiger partial charge in [0.05, 0.1) is 14.2 Å². The highest BCUT2D eigenvalue weighted by molar-refractivity contribution is 5.95. The summed E-state index contributed by atoms with van der Waals surface area (Å²) < 4.78 is 28.7. The number of rotatable bonds is 4. The van der Waals surface area contributed by atoms with Crippen LogP contribution < -0.4 is 14.2 Å². The Kier molecular flexibility index (Phi) is 4.05. The normalized spacial score (nSPS) is 10.4. The number of hydrogen-bond donors (Lipinski definition) is 1. The van der Waals surface area contributed by atoms with Gasteiger partial charge >= 0.3 is 5.97 Å². The number of methoxy groups -OCH3 is 2. The van der Waals surface area contributed by atoms with Gasteiger partial charge in [0.25, 0.3) is 0 Å². The smallest absolute Gasteiger partial charge is 0.337 e. The van der Waals surface area contributed by atoms with E-state index in [0.717, 1.165) is 0 Å². The molecule has 0 aliphatic rings. The molecule has 1 N–H and O–H groups in total. The zero-order valence-corrected chi connectivity index (χ0v) is 11.0. The number of ether oxygens (including phenoxy) is 3. The van der Waals surface area contributed by atoms with Gasteiger partial charge in [0.2, 0.25) is 5.75 Å². The average molecular weight is 280 g/mol. The van der Waals surface area contributed by atoms with Crippen molar-refractivity contribution >= 4 is 16.7 Å². The molecule has 0 aliphatic carbocycles. The number of carbonyl (C=O) groups excluding carboxylic acids is 1. The molecule has 2 aromatic rings. The molecule has 0 saturated carbocycles. The van der Waals surface area contributed by atoms with Crippen molar-refractivity contribution < 1.29 is 28.5 Å². The third-order valence-corrected chi connectivity index (χ3v) is 2.75. The van der Waals surface area contributed by atoms with Gasteiger partial charge in [-0.2, -0.15) is 0 Å². The fraction of sp³-hybridized carbons (Fsp3) is 0.214. The molecule has 0 radical (unpaired) electrons. The summed E-state index contributed by atoms with van der Waals surface area (Å²) in [5.41, 5.74) is 0. The van der Waals surface area contributed by atoms with E-state index in [1.807, 2.05) is 0 Å². The lowest BCUT2D eigenvalue weighted by molar-refractivity contribution is -0.137. The second kappa shape index (κ2) is 5.75. The van der Waals surface area contributed by atoms with E-state index in [9.17, 15) is 9.18 Å². The zero-order valence-electron chi connectivity index (χ0n) is 11.0. The molecule has 2 aromatic carbocycles. The molecule has 0 fully saturated rings. The van der Waals surface area contributed by atoms with Gasteiger partial charge in [0, 0.05) is 5.39 Å². The molecule has 6 heteroatoms. The lowest BCUT2D eigenvalue weighted by Crippen LogP contribution is -2.13. The largest absolute Gasteiger partial charge is 0.493 e. The van der Waals surface area contributed by atoms with Crippen LogP contribution in [-0.4, -0.2) is 31.9 Å². The van der Waals surface area contributed by atoms with E-state index in [0.29, 0.717) is 16.5 Å². The molecule has 0 aromatic heterocycles. The summed E-state index contributed by atoms with van der Waals surface area (Å²) in [7, 11) is 2.81. The Hall–Kier alpha value is -2.34. The number of esters is 1. The van der Waals surface area contributed by atoms with Crippen molar-refractivity contribution in [3.63, 3.8) is 0 Å². The van der Waals surface area contributed by atoms with Gasteiger partial charge in [-0.05, 0) is 23.6 Å². The minimum absolute atomic E-state index is 0.0143. The van der Waals surface area contributed by atoms with E-state index in [2.05, 4.69) is 0 Å². The second-order valence-electron chi connectivity index (χ2n) is 3.94. The number of carbonyl (C=O) groups is 1. The van der Waals surface area contributed by atoms with Crippen LogP contribution in [0.2, 0.25) is 0 Å². The van der Waals surface area contributed by atoms with Crippen molar-refractivity contribution in [2.75, 3.05) is 20.8 Å². The number of aliphatic hydroxyl groups is 1. The highest BCUT2D eigenvalue weighted by Crippen LogP contribution is 2.43. The van der Waals surface area contributed by atoms with Crippen LogP contribution in [0.5, 0.6) is 17.2 Å². The van der Waals surface area contributed by atoms with E-state index in [1.54, 1.807) is 6.07 Å². The molecule has 0 saturated heterocycles. The minimum Gasteiger partial charge on any atom is -0.493 e. The number of aliphatic hydroxyl groups excluding tert-OH is 1. The predicted molar refractivity (Wildman–Crippen MR) is 69.7 cm³/mol. The van der Waals surface area contributed by atoms with Crippen LogP contribution in [0.15, 0.2) is 24.3 Å². The number of halogens is 1. The lowest BCUT2D eigenvalue weighted by atomic mass is 10.1. The van der Waals surface area contributed by atoms with E-state index in [4.69, 9.17) is 19.3 Å². The Labute approximate surface area is 114 Å². The van der Waals surface area contributed by atoms with Gasteiger partial charge in [-0.15, -0.1) is 0 Å². The van der Waals surface area contributed by atoms with Crippen LogP contribution in [0.25, 0.3) is 10.8 Å². The molecule has 20 heavy (non-hydrogen) atoms. The highest BCUT2D eigenvalue weighted by Gasteiger charge is 2.19. The second-order valence-corrected chi connectivity index (χ2v) is 3.94. The summed E-state index contributed by atoms with van der Waals surface area (Å²) in [6.07, 6.45) is 0. The molecule has 5 nitrogen and oxygen atoms in total. The lowest BCUT2D eigenvalue weighted by Gasteiger charge is -2.15. The molecule has 0 spiro atoms. The van der Waals surface area contributed by atoms with Gasteiger partial charge in [0.15, 0.2) is 11.5 Å². The Bertz CT molecular complexity index is 654. The summed E-state index contributed by atoms with van der Waals surface area (Å²) in [5.74, 6) is -0.840. The summed E-state index contributed by atoms with van der Waals surface area (Å²) in [4.78, 5) is 11.3. The summed E-state index contributed by atoms with van der Waals surface area (Å²) in [5, 5.41) is 9.76. The molecular weight excluding hydrogens is 267 g/mol. The quantitative estimate of drug-likeness (QED) is 0.684. The van der Waals surface area contributed by atoms with Crippen LogP contribution in [0.4, 0.5) is 4.39 Å². The SMILES string of the molecule is COc1cc2ccc(F)cc2c(OC(=O)CO)c1OC. The van der Waals surface area contributed by atoms with E-state index >= 15 is 0 Å². The number of hydrogen-bond acceptors (Lipinski definition) is 5. The Morgan fingerprint density at radius 3 is 2.55 bits per heavy atom. The van der Waals surface area contributed by atoms with Gasteiger partial charge in [0.1, 0.15) is 12.4 Å². The fourth-order valence-corrected chi connectivity index (χ4v) is 1.88. The van der Waals surface area contributed by atoms with Crippen LogP contribution in [0, 0.1) is 5.82 Å². The van der Waals surface area contributed by atoms with Gasteiger partial charge in [-0.25, -0.2) is 9.18 Å². The number of fused-ring (bicyclic) bond motifs is 1. The average Bonchev–Trinajstić information content (AvgIpc) is 2.46. The van der Waals surface area contributed by atoms with Crippen LogP contribution in [-0.2, 0) is 4.79 Å². The first-order valence-electron chi connectivity index (χ1n) is 5.76. The van der Waals surface area contributed by atoms with Crippen molar-refractivity contribution in [1.29, 1.82) is 0 Å². The first-order valence-corrected chi connectivity index (χ1v) is 5.76. The van der Waals surface area contributed by atoms with Crippen LogP contribution in [0.1, 0.15) is 0 Å². The van der Waals surface area contributed by atoms with E-state index < -0.39 is 18.4 Å². The maximum atomic E-state index is 13.4. The highest BCUT2D eigenvalue weighted by atomic mass is 19.1. The molecule has 0 aliphatic heterocycles. The summed E-state index contributed by atoms with van der Waals surface area (Å²) in [6.45, 7) is -0.794. The van der Waals surface area contributed by atoms with Crippen molar-refractivity contribution in [3.05, 3.63) is 30.1 Å². The molecular formula is C14H13FO5. The summed E-state index contributed by atoms with van der Waals surface area (Å²) >= 11 is 0. The molecule has 0 bridgehead atoms. The van der Waals surface area contributed by atoms with Crippen LogP contribution in [0.3, 0.4) is 0 Å². The fourth-order valence-electron chi connectivity index (χ4n) is 1.88. The topological polar surface area (TPSA) is 65.0 Å². The molecule has 0 unspecified atom stereocenters. The van der Waals surface area contributed by atoms with Gasteiger partial charge < -0.3 is 19.3 Å². The third kappa shape index (κ3) is 2.50. The van der Waals surface area contributed by atoms with Crippen molar-refractivity contribution in [2.24, 2.45) is 0 Å². The predicted octanol–water partition coefficient (Wildman–Crippen LogP) is 1.89. The first kappa shape index (κ1) is 14.1. The molecule has 0 atom stereocenters. The standard InChI is InChI=1S/C14H13FO5/c1-18-11-5-8-3-4-9(15)6-10(8)13(14(11)19-2)20-12(17)7-16/h3-6,16H,7H2,1-2H3.